The Hall–Kier alpha value is -1.88. The lowest BCUT2D eigenvalue weighted by Gasteiger charge is -2.37. The molecule has 2 amide bonds. The number of fused-ring (bicyclic) bond motifs is 1. The first-order valence-corrected chi connectivity index (χ1v) is 8.94. The molecule has 5 nitrogen and oxygen atoms in total. The molecule has 1 heterocycles. The first-order valence-electron chi connectivity index (χ1n) is 8.94. The summed E-state index contributed by atoms with van der Waals surface area (Å²) in [6.45, 7) is 5.43. The van der Waals surface area contributed by atoms with Gasteiger partial charge in [0.05, 0.1) is 5.41 Å². The van der Waals surface area contributed by atoms with E-state index in [0.29, 0.717) is 11.6 Å². The van der Waals surface area contributed by atoms with Gasteiger partial charge >= 0.3 is 0 Å². The second-order valence-corrected chi connectivity index (χ2v) is 7.41. The molecule has 2 fully saturated rings. The minimum atomic E-state index is -0.268. The molecule has 130 valence electrons. The summed E-state index contributed by atoms with van der Waals surface area (Å²) >= 11 is 0. The van der Waals surface area contributed by atoms with Crippen LogP contribution in [0.2, 0.25) is 0 Å². The van der Waals surface area contributed by atoms with Crippen LogP contribution in [0.3, 0.4) is 0 Å². The first kappa shape index (κ1) is 17.0. The largest absolute Gasteiger partial charge is 0.326 e. The van der Waals surface area contributed by atoms with Crippen molar-refractivity contribution < 1.29 is 9.59 Å². The Labute approximate surface area is 143 Å². The molecule has 2 atom stereocenters. The van der Waals surface area contributed by atoms with Gasteiger partial charge < -0.3 is 16.0 Å². The molecular formula is C19H27N3O2. The smallest absolute Gasteiger partial charge is 0.232 e. The molecule has 1 saturated carbocycles. The van der Waals surface area contributed by atoms with Crippen molar-refractivity contribution in [2.75, 3.05) is 23.7 Å². The summed E-state index contributed by atoms with van der Waals surface area (Å²) in [5.74, 6) is 0.457. The van der Waals surface area contributed by atoms with Gasteiger partial charge in [0.15, 0.2) is 0 Å². The van der Waals surface area contributed by atoms with Crippen molar-refractivity contribution in [1.82, 2.24) is 5.32 Å². The Morgan fingerprint density at radius 2 is 1.96 bits per heavy atom. The van der Waals surface area contributed by atoms with Crippen LogP contribution in [0.4, 0.5) is 11.4 Å². The van der Waals surface area contributed by atoms with Gasteiger partial charge in [0, 0.05) is 23.8 Å². The van der Waals surface area contributed by atoms with Crippen molar-refractivity contribution in [2.45, 2.75) is 39.5 Å². The summed E-state index contributed by atoms with van der Waals surface area (Å²) in [5.41, 5.74) is 1.19. The summed E-state index contributed by atoms with van der Waals surface area (Å²) in [6.07, 6.45) is 4.43. The van der Waals surface area contributed by atoms with E-state index in [1.807, 2.05) is 38.1 Å². The van der Waals surface area contributed by atoms with E-state index >= 15 is 0 Å². The zero-order chi connectivity index (χ0) is 17.2. The van der Waals surface area contributed by atoms with Crippen molar-refractivity contribution in [2.24, 2.45) is 17.3 Å². The third kappa shape index (κ3) is 3.31. The standard InChI is InChI=1S/C19H27N3O2/c1-13(2)17(23)21-15-7-5-8-16(10-15)22-18(24)19-9-4-3-6-14(19)11-20-12-19/h5,7-8,10,13-14,20H,3-4,6,9,11-12H2,1-2H3,(H,21,23)(H,22,24)/t14-,19+/m0/s1. The highest BCUT2D eigenvalue weighted by molar-refractivity contribution is 5.97. The van der Waals surface area contributed by atoms with Gasteiger partial charge in [-0.05, 0) is 43.5 Å². The number of amides is 2. The second kappa shape index (κ2) is 6.93. The fourth-order valence-corrected chi connectivity index (χ4v) is 3.91. The van der Waals surface area contributed by atoms with Gasteiger partial charge in [-0.25, -0.2) is 0 Å². The van der Waals surface area contributed by atoms with Crippen LogP contribution in [0.1, 0.15) is 39.5 Å². The molecule has 3 N–H and O–H groups in total. The number of benzene rings is 1. The summed E-state index contributed by atoms with van der Waals surface area (Å²) in [5, 5.41) is 9.37. The van der Waals surface area contributed by atoms with Crippen LogP contribution in [0.15, 0.2) is 24.3 Å². The van der Waals surface area contributed by atoms with E-state index in [2.05, 4.69) is 16.0 Å². The van der Waals surface area contributed by atoms with Crippen molar-refractivity contribution >= 4 is 23.2 Å². The molecule has 2 aliphatic rings. The van der Waals surface area contributed by atoms with Crippen molar-refractivity contribution in [1.29, 1.82) is 0 Å². The lowest BCUT2D eigenvalue weighted by molar-refractivity contribution is -0.128. The molecule has 0 radical (unpaired) electrons. The topological polar surface area (TPSA) is 70.2 Å². The lowest BCUT2D eigenvalue weighted by Crippen LogP contribution is -2.44. The fourth-order valence-electron chi connectivity index (χ4n) is 3.91. The number of hydrogen-bond acceptors (Lipinski definition) is 3. The normalized spacial score (nSPS) is 26.0. The molecule has 1 aliphatic heterocycles. The van der Waals surface area contributed by atoms with Gasteiger partial charge in [-0.3, -0.25) is 9.59 Å². The average molecular weight is 329 g/mol. The molecule has 0 aromatic heterocycles. The highest BCUT2D eigenvalue weighted by Gasteiger charge is 2.49. The van der Waals surface area contributed by atoms with Gasteiger partial charge in [-0.2, -0.15) is 0 Å². The summed E-state index contributed by atoms with van der Waals surface area (Å²) in [6, 6.07) is 7.40. The molecule has 1 aliphatic carbocycles. The molecule has 0 unspecified atom stereocenters. The number of carbonyl (C=O) groups is 2. The Morgan fingerprint density at radius 1 is 1.21 bits per heavy atom. The van der Waals surface area contributed by atoms with Crippen molar-refractivity contribution in [3.8, 4) is 0 Å². The third-order valence-corrected chi connectivity index (χ3v) is 5.40. The van der Waals surface area contributed by atoms with E-state index in [1.54, 1.807) is 0 Å². The lowest BCUT2D eigenvalue weighted by atomic mass is 9.67. The number of nitrogens with one attached hydrogen (secondary N) is 3. The minimum Gasteiger partial charge on any atom is -0.326 e. The van der Waals surface area contributed by atoms with E-state index in [1.165, 1.54) is 6.42 Å². The van der Waals surface area contributed by atoms with Gasteiger partial charge in [-0.1, -0.05) is 32.8 Å². The van der Waals surface area contributed by atoms with E-state index < -0.39 is 0 Å². The molecule has 3 rings (SSSR count). The molecule has 1 aromatic rings. The molecule has 24 heavy (non-hydrogen) atoms. The Bertz CT molecular complexity index is 629. The fraction of sp³-hybridized carbons (Fsp3) is 0.579. The summed E-state index contributed by atoms with van der Waals surface area (Å²) in [4.78, 5) is 24.8. The zero-order valence-corrected chi connectivity index (χ0v) is 14.5. The maximum atomic E-state index is 13.0. The van der Waals surface area contributed by atoms with Crippen LogP contribution < -0.4 is 16.0 Å². The van der Waals surface area contributed by atoms with Gasteiger partial charge in [0.25, 0.3) is 0 Å². The third-order valence-electron chi connectivity index (χ3n) is 5.40. The summed E-state index contributed by atoms with van der Waals surface area (Å²) in [7, 11) is 0. The SMILES string of the molecule is CC(C)C(=O)Nc1cccc(NC(=O)[C@@]23CCCC[C@H]2CNC3)c1. The quantitative estimate of drug-likeness (QED) is 0.795. The molecule has 0 bridgehead atoms. The number of rotatable bonds is 4. The van der Waals surface area contributed by atoms with Crippen LogP contribution in [0.5, 0.6) is 0 Å². The van der Waals surface area contributed by atoms with Crippen LogP contribution in [-0.4, -0.2) is 24.9 Å². The van der Waals surface area contributed by atoms with Crippen molar-refractivity contribution in [3.05, 3.63) is 24.3 Å². The highest BCUT2D eigenvalue weighted by Crippen LogP contribution is 2.44. The minimum absolute atomic E-state index is 0.0237. The summed E-state index contributed by atoms with van der Waals surface area (Å²) < 4.78 is 0. The molecule has 1 aromatic carbocycles. The molecule has 5 heteroatoms. The second-order valence-electron chi connectivity index (χ2n) is 7.41. The van der Waals surface area contributed by atoms with E-state index in [0.717, 1.165) is 38.0 Å². The molecular weight excluding hydrogens is 302 g/mol. The number of hydrogen-bond donors (Lipinski definition) is 3. The Morgan fingerprint density at radius 3 is 2.71 bits per heavy atom. The van der Waals surface area contributed by atoms with Crippen LogP contribution in [0.25, 0.3) is 0 Å². The van der Waals surface area contributed by atoms with Crippen LogP contribution in [-0.2, 0) is 9.59 Å². The van der Waals surface area contributed by atoms with Gasteiger partial charge in [0.1, 0.15) is 0 Å². The van der Waals surface area contributed by atoms with Gasteiger partial charge in [0.2, 0.25) is 11.8 Å². The Balaban J connectivity index is 1.71. The number of anilines is 2. The highest BCUT2D eigenvalue weighted by atomic mass is 16.2. The van der Waals surface area contributed by atoms with E-state index in [-0.39, 0.29) is 23.1 Å². The van der Waals surface area contributed by atoms with E-state index in [4.69, 9.17) is 0 Å². The van der Waals surface area contributed by atoms with Crippen LogP contribution >= 0.6 is 0 Å². The predicted molar refractivity (Wildman–Crippen MR) is 95.8 cm³/mol. The molecule has 1 saturated heterocycles. The maximum Gasteiger partial charge on any atom is 0.232 e. The zero-order valence-electron chi connectivity index (χ0n) is 14.5. The number of carbonyl (C=O) groups excluding carboxylic acids is 2. The molecule has 0 spiro atoms. The first-order chi connectivity index (χ1) is 11.5. The van der Waals surface area contributed by atoms with Crippen molar-refractivity contribution in [3.63, 3.8) is 0 Å². The van der Waals surface area contributed by atoms with Crippen LogP contribution in [0, 0.1) is 17.3 Å². The Kier molecular flexibility index (Phi) is 4.90. The van der Waals surface area contributed by atoms with Gasteiger partial charge in [-0.15, -0.1) is 0 Å². The monoisotopic (exact) mass is 329 g/mol. The van der Waals surface area contributed by atoms with E-state index in [9.17, 15) is 9.59 Å². The predicted octanol–water partition coefficient (Wildman–Crippen LogP) is 3.00. The average Bonchev–Trinajstić information content (AvgIpc) is 3.00. The maximum absolute atomic E-state index is 13.0.